The van der Waals surface area contributed by atoms with Crippen molar-refractivity contribution in [3.8, 4) is 0 Å². The van der Waals surface area contributed by atoms with Gasteiger partial charge in [-0.2, -0.15) is 0 Å². The number of fused-ring (bicyclic) bond motifs is 2. The van der Waals surface area contributed by atoms with E-state index in [1.807, 2.05) is 43.3 Å². The molecule has 158 valence electrons. The highest BCUT2D eigenvalue weighted by Gasteiger charge is 2.30. The molecular formula is C24H23N3O4. The standard InChI is InChI=1S/C24H23N3O4/c1-16-13-22(28)25-19-8-4-5-9-20(19)27(16)24(30)15-26(2)23(29)12-11-18-14-17-7-3-6-10-21(17)31-18/h3-12,14,16H,13,15H2,1-2H3,(H,25,28)/b12-11+. The summed E-state index contributed by atoms with van der Waals surface area (Å²) in [5.74, 6) is -0.161. The Morgan fingerprint density at radius 1 is 1.19 bits per heavy atom. The van der Waals surface area contributed by atoms with E-state index in [1.54, 1.807) is 36.2 Å². The highest BCUT2D eigenvalue weighted by molar-refractivity contribution is 6.06. The highest BCUT2D eigenvalue weighted by Crippen LogP contribution is 2.31. The molecule has 0 saturated carbocycles. The molecular weight excluding hydrogens is 394 g/mol. The molecule has 31 heavy (non-hydrogen) atoms. The van der Waals surface area contributed by atoms with Gasteiger partial charge in [0.05, 0.1) is 11.4 Å². The number of likely N-dealkylation sites (N-methyl/N-ethyl adjacent to an activating group) is 1. The Balaban J connectivity index is 1.47. The molecule has 0 radical (unpaired) electrons. The first kappa shape index (κ1) is 20.4. The van der Waals surface area contributed by atoms with Crippen LogP contribution in [0.5, 0.6) is 0 Å². The summed E-state index contributed by atoms with van der Waals surface area (Å²) in [4.78, 5) is 40.7. The summed E-state index contributed by atoms with van der Waals surface area (Å²) >= 11 is 0. The molecule has 1 unspecified atom stereocenters. The summed E-state index contributed by atoms with van der Waals surface area (Å²) in [6.07, 6.45) is 3.16. The van der Waals surface area contributed by atoms with Gasteiger partial charge in [0.1, 0.15) is 17.9 Å². The van der Waals surface area contributed by atoms with Crippen LogP contribution >= 0.6 is 0 Å². The van der Waals surface area contributed by atoms with Crippen molar-refractivity contribution in [1.82, 2.24) is 4.90 Å². The maximum absolute atomic E-state index is 13.1. The largest absolute Gasteiger partial charge is 0.457 e. The van der Waals surface area contributed by atoms with Crippen molar-refractivity contribution < 1.29 is 18.8 Å². The number of hydrogen-bond acceptors (Lipinski definition) is 4. The Morgan fingerprint density at radius 3 is 2.74 bits per heavy atom. The van der Waals surface area contributed by atoms with Gasteiger partial charge in [-0.1, -0.05) is 30.3 Å². The number of carbonyl (C=O) groups excluding carboxylic acids is 3. The first-order valence-electron chi connectivity index (χ1n) is 10.0. The van der Waals surface area contributed by atoms with E-state index in [0.29, 0.717) is 17.1 Å². The van der Waals surface area contributed by atoms with Crippen molar-refractivity contribution in [2.24, 2.45) is 0 Å². The number of nitrogens with one attached hydrogen (secondary N) is 1. The van der Waals surface area contributed by atoms with Crippen LogP contribution in [-0.4, -0.2) is 42.3 Å². The summed E-state index contributed by atoms with van der Waals surface area (Å²) in [7, 11) is 1.57. The normalized spacial score (nSPS) is 16.1. The second-order valence-electron chi connectivity index (χ2n) is 7.60. The van der Waals surface area contributed by atoms with Gasteiger partial charge in [-0.3, -0.25) is 14.4 Å². The molecule has 0 bridgehead atoms. The fourth-order valence-corrected chi connectivity index (χ4v) is 3.69. The second-order valence-corrected chi connectivity index (χ2v) is 7.60. The zero-order chi connectivity index (χ0) is 22.0. The first-order valence-corrected chi connectivity index (χ1v) is 10.0. The molecule has 1 aromatic heterocycles. The molecule has 7 heteroatoms. The topological polar surface area (TPSA) is 82.9 Å². The molecule has 1 aliphatic heterocycles. The van der Waals surface area contributed by atoms with Gasteiger partial charge in [-0.15, -0.1) is 0 Å². The fourth-order valence-electron chi connectivity index (χ4n) is 3.69. The Labute approximate surface area is 179 Å². The molecule has 1 N–H and O–H groups in total. The Morgan fingerprint density at radius 2 is 1.94 bits per heavy atom. The van der Waals surface area contributed by atoms with E-state index in [0.717, 1.165) is 11.0 Å². The number of furan rings is 1. The van der Waals surface area contributed by atoms with Crippen molar-refractivity contribution in [1.29, 1.82) is 0 Å². The van der Waals surface area contributed by atoms with Gasteiger partial charge in [0.2, 0.25) is 17.7 Å². The Kier molecular flexibility index (Phi) is 5.58. The predicted octanol–water partition coefficient (Wildman–Crippen LogP) is 3.67. The van der Waals surface area contributed by atoms with Gasteiger partial charge >= 0.3 is 0 Å². The minimum atomic E-state index is -0.328. The van der Waals surface area contributed by atoms with Crippen LogP contribution in [0, 0.1) is 0 Å². The van der Waals surface area contributed by atoms with Crippen molar-refractivity contribution in [3.63, 3.8) is 0 Å². The molecule has 4 rings (SSSR count). The van der Waals surface area contributed by atoms with Gasteiger partial charge in [-0.25, -0.2) is 0 Å². The second kappa shape index (κ2) is 8.47. The van der Waals surface area contributed by atoms with Crippen molar-refractivity contribution >= 4 is 46.1 Å². The highest BCUT2D eigenvalue weighted by atomic mass is 16.3. The Bertz CT molecular complexity index is 1150. The smallest absolute Gasteiger partial charge is 0.246 e. The van der Waals surface area contributed by atoms with E-state index in [1.165, 1.54) is 11.0 Å². The number of benzene rings is 2. The molecule has 2 aromatic carbocycles. The molecule has 0 fully saturated rings. The van der Waals surface area contributed by atoms with E-state index >= 15 is 0 Å². The monoisotopic (exact) mass is 417 g/mol. The molecule has 1 atom stereocenters. The number of hydrogen-bond donors (Lipinski definition) is 1. The lowest BCUT2D eigenvalue weighted by molar-refractivity contribution is -0.130. The average Bonchev–Trinajstić information content (AvgIpc) is 3.10. The number of rotatable bonds is 4. The minimum absolute atomic E-state index is 0.115. The van der Waals surface area contributed by atoms with Crippen molar-refractivity contribution in [2.75, 3.05) is 23.8 Å². The summed E-state index contributed by atoms with van der Waals surface area (Å²) in [6.45, 7) is 1.71. The predicted molar refractivity (Wildman–Crippen MR) is 120 cm³/mol. The number of carbonyl (C=O) groups is 3. The van der Waals surface area contributed by atoms with Crippen LogP contribution in [0.1, 0.15) is 19.1 Å². The minimum Gasteiger partial charge on any atom is -0.457 e. The molecule has 3 aromatic rings. The van der Waals surface area contributed by atoms with Crippen LogP contribution in [0.15, 0.2) is 65.1 Å². The quantitative estimate of drug-likeness (QED) is 0.657. The van der Waals surface area contributed by atoms with E-state index in [2.05, 4.69) is 5.32 Å². The van der Waals surface area contributed by atoms with Gasteiger partial charge in [0.25, 0.3) is 0 Å². The lowest BCUT2D eigenvalue weighted by atomic mass is 10.1. The van der Waals surface area contributed by atoms with E-state index in [-0.39, 0.29) is 36.7 Å². The third kappa shape index (κ3) is 4.35. The maximum Gasteiger partial charge on any atom is 0.246 e. The van der Waals surface area contributed by atoms with Crippen molar-refractivity contribution in [3.05, 3.63) is 66.4 Å². The molecule has 2 heterocycles. The number of amides is 3. The van der Waals surface area contributed by atoms with E-state index in [9.17, 15) is 14.4 Å². The summed E-state index contributed by atoms with van der Waals surface area (Å²) in [6, 6.07) is 16.3. The molecule has 0 spiro atoms. The molecule has 0 aliphatic carbocycles. The SMILES string of the molecule is CC1CC(=O)Nc2ccccc2N1C(=O)CN(C)C(=O)/C=C/c1cc2ccccc2o1. The van der Waals surface area contributed by atoms with Gasteiger partial charge in [0.15, 0.2) is 0 Å². The third-order valence-corrected chi connectivity index (χ3v) is 5.21. The maximum atomic E-state index is 13.1. The van der Waals surface area contributed by atoms with Gasteiger partial charge in [0, 0.05) is 31.0 Å². The first-order chi connectivity index (χ1) is 14.9. The lowest BCUT2D eigenvalue weighted by Gasteiger charge is -2.29. The number of para-hydroxylation sites is 3. The van der Waals surface area contributed by atoms with Gasteiger partial charge < -0.3 is 19.5 Å². The van der Waals surface area contributed by atoms with Crippen LogP contribution in [0.25, 0.3) is 17.0 Å². The van der Waals surface area contributed by atoms with Crippen LogP contribution in [0.2, 0.25) is 0 Å². The van der Waals surface area contributed by atoms with E-state index < -0.39 is 0 Å². The average molecular weight is 417 g/mol. The lowest BCUT2D eigenvalue weighted by Crippen LogP contribution is -2.45. The summed E-state index contributed by atoms with van der Waals surface area (Å²) in [5, 5.41) is 3.78. The number of nitrogens with zero attached hydrogens (tertiary/aromatic N) is 2. The molecule has 1 aliphatic rings. The summed E-state index contributed by atoms with van der Waals surface area (Å²) in [5.41, 5.74) is 1.96. The van der Waals surface area contributed by atoms with E-state index in [4.69, 9.17) is 4.42 Å². The van der Waals surface area contributed by atoms with Crippen LogP contribution in [-0.2, 0) is 14.4 Å². The van der Waals surface area contributed by atoms with Crippen molar-refractivity contribution in [2.45, 2.75) is 19.4 Å². The van der Waals surface area contributed by atoms with Crippen LogP contribution in [0.3, 0.4) is 0 Å². The van der Waals surface area contributed by atoms with Gasteiger partial charge in [-0.05, 0) is 37.3 Å². The summed E-state index contributed by atoms with van der Waals surface area (Å²) < 4.78 is 5.68. The molecule has 7 nitrogen and oxygen atoms in total. The zero-order valence-electron chi connectivity index (χ0n) is 17.4. The van der Waals surface area contributed by atoms with Crippen LogP contribution < -0.4 is 10.2 Å². The molecule has 3 amide bonds. The number of anilines is 2. The zero-order valence-corrected chi connectivity index (χ0v) is 17.4. The third-order valence-electron chi connectivity index (χ3n) is 5.21. The Hall–Kier alpha value is -3.87. The van der Waals surface area contributed by atoms with Crippen LogP contribution in [0.4, 0.5) is 11.4 Å². The molecule has 0 saturated heterocycles. The fraction of sp³-hybridized carbons (Fsp3) is 0.208.